The molecule has 4 N–H and O–H groups in total. The Morgan fingerprint density at radius 3 is 2.59 bits per heavy atom. The largest absolute Gasteiger partial charge is 0.508 e. The summed E-state index contributed by atoms with van der Waals surface area (Å²) >= 11 is 0. The van der Waals surface area contributed by atoms with E-state index in [0.29, 0.717) is 23.5 Å². The zero-order valence-electron chi connectivity index (χ0n) is 18.2. The molecule has 29 heavy (non-hydrogen) atoms. The second-order valence-corrected chi connectivity index (χ2v) is 10.7. The predicted octanol–water partition coefficient (Wildman–Crippen LogP) is 4.56. The second-order valence-electron chi connectivity index (χ2n) is 10.7. The summed E-state index contributed by atoms with van der Waals surface area (Å²) in [7, 11) is 0. The minimum atomic E-state index is -0.216. The number of aliphatic hydroxyl groups is 1. The number of nitrogens with two attached hydrogens (primary N) is 1. The highest BCUT2D eigenvalue weighted by Crippen LogP contribution is 2.59. The molecule has 0 spiro atoms. The first kappa shape index (κ1) is 21.1. The monoisotopic (exact) mass is 401 g/mol. The third-order valence-electron chi connectivity index (χ3n) is 8.27. The van der Waals surface area contributed by atoms with E-state index in [4.69, 9.17) is 10.5 Å². The SMILES string of the molecule is CC1(C)O[C@@]2([C@H]3CCC[C@H](Cc4ccc(O)cc4)C3)CC[C@@H]1[C@@](N)(CCCO)C2. The fraction of sp³-hybridized carbons (Fsp3) is 0.760. The van der Waals surface area contributed by atoms with Crippen LogP contribution in [0.25, 0.3) is 0 Å². The van der Waals surface area contributed by atoms with Crippen LogP contribution in [0.2, 0.25) is 0 Å². The van der Waals surface area contributed by atoms with Crippen molar-refractivity contribution in [2.45, 2.75) is 94.8 Å². The molecule has 0 unspecified atom stereocenters. The van der Waals surface area contributed by atoms with E-state index < -0.39 is 0 Å². The van der Waals surface area contributed by atoms with Crippen LogP contribution >= 0.6 is 0 Å². The number of aliphatic hydroxyl groups excluding tert-OH is 1. The van der Waals surface area contributed by atoms with Gasteiger partial charge < -0.3 is 20.7 Å². The van der Waals surface area contributed by atoms with E-state index in [9.17, 15) is 10.2 Å². The summed E-state index contributed by atoms with van der Waals surface area (Å²) in [4.78, 5) is 0. The summed E-state index contributed by atoms with van der Waals surface area (Å²) in [5.74, 6) is 1.95. The van der Waals surface area contributed by atoms with Crippen LogP contribution in [0.1, 0.15) is 77.2 Å². The molecule has 0 amide bonds. The first-order chi connectivity index (χ1) is 13.8. The van der Waals surface area contributed by atoms with Gasteiger partial charge in [-0.2, -0.15) is 0 Å². The van der Waals surface area contributed by atoms with Gasteiger partial charge in [0.2, 0.25) is 0 Å². The lowest BCUT2D eigenvalue weighted by Gasteiger charge is -2.65. The van der Waals surface area contributed by atoms with Gasteiger partial charge in [-0.1, -0.05) is 25.0 Å². The smallest absolute Gasteiger partial charge is 0.115 e. The van der Waals surface area contributed by atoms with Crippen molar-refractivity contribution in [3.8, 4) is 5.75 Å². The molecule has 1 aromatic carbocycles. The van der Waals surface area contributed by atoms with E-state index in [1.54, 1.807) is 12.1 Å². The van der Waals surface area contributed by atoms with Crippen LogP contribution in [0.15, 0.2) is 24.3 Å². The van der Waals surface area contributed by atoms with Gasteiger partial charge in [0, 0.05) is 18.1 Å². The Morgan fingerprint density at radius 2 is 1.90 bits per heavy atom. The lowest BCUT2D eigenvalue weighted by molar-refractivity contribution is -0.287. The number of benzene rings is 1. The number of phenolic OH excluding ortho intramolecular Hbond substituents is 1. The van der Waals surface area contributed by atoms with Crippen molar-refractivity contribution >= 4 is 0 Å². The maximum atomic E-state index is 9.56. The number of rotatable bonds is 6. The van der Waals surface area contributed by atoms with Gasteiger partial charge in [-0.05, 0) is 94.7 Å². The third kappa shape index (κ3) is 4.08. The van der Waals surface area contributed by atoms with Crippen molar-refractivity contribution in [1.82, 2.24) is 0 Å². The maximum absolute atomic E-state index is 9.56. The summed E-state index contributed by atoms with van der Waals surface area (Å²) in [5, 5.41) is 19.0. The molecule has 0 aromatic heterocycles. The average Bonchev–Trinajstić information content (AvgIpc) is 2.68. The van der Waals surface area contributed by atoms with Crippen LogP contribution in [0, 0.1) is 17.8 Å². The summed E-state index contributed by atoms with van der Waals surface area (Å²) in [6, 6.07) is 7.71. The standard InChI is InChI=1S/C25H39NO3/c1-23(2)22-11-13-25(29-23,17-24(22,26)12-4-14-27)20-6-3-5-19(16-20)15-18-7-9-21(28)10-8-18/h7-10,19-20,22,27-28H,3-6,11-17,26H2,1-2H3/t19-,20+,22+,24-,25+/m1/s1. The highest BCUT2D eigenvalue weighted by atomic mass is 16.5. The Kier molecular flexibility index (Phi) is 5.73. The third-order valence-corrected chi connectivity index (χ3v) is 8.27. The number of hydrogen-bond acceptors (Lipinski definition) is 4. The van der Waals surface area contributed by atoms with Gasteiger partial charge >= 0.3 is 0 Å². The average molecular weight is 402 g/mol. The van der Waals surface area contributed by atoms with Crippen molar-refractivity contribution in [2.75, 3.05) is 6.61 Å². The highest BCUT2D eigenvalue weighted by Gasteiger charge is 2.62. The molecule has 2 saturated heterocycles. The number of ether oxygens (including phenoxy) is 1. The van der Waals surface area contributed by atoms with Crippen LogP contribution < -0.4 is 5.73 Å². The van der Waals surface area contributed by atoms with Gasteiger partial charge in [-0.15, -0.1) is 0 Å². The number of hydrogen-bond donors (Lipinski definition) is 3. The molecule has 0 radical (unpaired) electrons. The summed E-state index contributed by atoms with van der Waals surface area (Å²) in [6.07, 6.45) is 11.0. The van der Waals surface area contributed by atoms with Gasteiger partial charge in [0.15, 0.2) is 0 Å². The van der Waals surface area contributed by atoms with Crippen molar-refractivity contribution in [1.29, 1.82) is 0 Å². The van der Waals surface area contributed by atoms with Crippen molar-refractivity contribution in [3.05, 3.63) is 29.8 Å². The second kappa shape index (κ2) is 7.86. The minimum Gasteiger partial charge on any atom is -0.508 e. The fourth-order valence-corrected chi connectivity index (χ4v) is 7.19. The van der Waals surface area contributed by atoms with Crippen molar-refractivity contribution in [2.24, 2.45) is 23.5 Å². The van der Waals surface area contributed by atoms with E-state index in [0.717, 1.165) is 38.5 Å². The molecule has 2 bridgehead atoms. The van der Waals surface area contributed by atoms with E-state index in [-0.39, 0.29) is 23.3 Å². The van der Waals surface area contributed by atoms with Gasteiger partial charge in [0.05, 0.1) is 11.2 Å². The van der Waals surface area contributed by atoms with Crippen LogP contribution in [0.4, 0.5) is 0 Å². The molecule has 162 valence electrons. The first-order valence-corrected chi connectivity index (χ1v) is 11.6. The topological polar surface area (TPSA) is 75.7 Å². The number of phenols is 1. The number of aromatic hydroxyl groups is 1. The van der Waals surface area contributed by atoms with Crippen LogP contribution in [0.3, 0.4) is 0 Å². The fourth-order valence-electron chi connectivity index (χ4n) is 7.19. The Labute approximate surface area is 175 Å². The molecular weight excluding hydrogens is 362 g/mol. The van der Waals surface area contributed by atoms with Crippen molar-refractivity contribution < 1.29 is 14.9 Å². The van der Waals surface area contributed by atoms with Crippen LogP contribution in [-0.2, 0) is 11.2 Å². The quantitative estimate of drug-likeness (QED) is 0.653. The molecule has 5 rings (SSSR count). The molecule has 4 nitrogen and oxygen atoms in total. The van der Waals surface area contributed by atoms with Crippen LogP contribution in [0.5, 0.6) is 5.75 Å². The van der Waals surface area contributed by atoms with E-state index in [1.165, 1.54) is 31.2 Å². The molecular formula is C25H39NO3. The van der Waals surface area contributed by atoms with Gasteiger partial charge in [0.25, 0.3) is 0 Å². The lowest BCUT2D eigenvalue weighted by Crippen LogP contribution is -2.72. The predicted molar refractivity (Wildman–Crippen MR) is 116 cm³/mol. The molecule has 2 heterocycles. The van der Waals surface area contributed by atoms with Gasteiger partial charge in [-0.3, -0.25) is 0 Å². The Morgan fingerprint density at radius 1 is 1.14 bits per heavy atom. The molecule has 2 aliphatic carbocycles. The van der Waals surface area contributed by atoms with E-state index in [1.807, 2.05) is 0 Å². The Balaban J connectivity index is 1.51. The number of fused-ring (bicyclic) bond motifs is 3. The summed E-state index contributed by atoms with van der Waals surface area (Å²) in [6.45, 7) is 4.70. The minimum absolute atomic E-state index is 0.101. The summed E-state index contributed by atoms with van der Waals surface area (Å²) in [5.41, 5.74) is 7.86. The van der Waals surface area contributed by atoms with Gasteiger partial charge in [0.1, 0.15) is 5.75 Å². The first-order valence-electron chi connectivity index (χ1n) is 11.6. The van der Waals surface area contributed by atoms with E-state index in [2.05, 4.69) is 26.0 Å². The normalized spacial score (nSPS) is 38.8. The zero-order valence-corrected chi connectivity index (χ0v) is 18.2. The Hall–Kier alpha value is -1.10. The van der Waals surface area contributed by atoms with Gasteiger partial charge in [-0.25, -0.2) is 0 Å². The molecule has 4 aliphatic rings. The zero-order chi connectivity index (χ0) is 20.7. The molecule has 4 fully saturated rings. The molecule has 5 atom stereocenters. The molecule has 4 heteroatoms. The van der Waals surface area contributed by atoms with Crippen LogP contribution in [-0.4, -0.2) is 33.6 Å². The highest BCUT2D eigenvalue weighted by molar-refractivity contribution is 5.26. The lowest BCUT2D eigenvalue weighted by atomic mass is 9.53. The van der Waals surface area contributed by atoms with Crippen molar-refractivity contribution in [3.63, 3.8) is 0 Å². The molecule has 2 aliphatic heterocycles. The Bertz CT molecular complexity index is 703. The van der Waals surface area contributed by atoms with E-state index >= 15 is 0 Å². The molecule has 1 aromatic rings. The molecule has 2 saturated carbocycles. The summed E-state index contributed by atoms with van der Waals surface area (Å²) < 4.78 is 6.91. The maximum Gasteiger partial charge on any atom is 0.115 e.